The van der Waals surface area contributed by atoms with Crippen LogP contribution in [0.5, 0.6) is 5.19 Å². The minimum absolute atomic E-state index is 0.188. The molecular weight excluding hydrogens is 304 g/mol. The van der Waals surface area contributed by atoms with Gasteiger partial charge in [-0.25, -0.2) is 9.78 Å². The van der Waals surface area contributed by atoms with Gasteiger partial charge in [0.2, 0.25) is 0 Å². The van der Waals surface area contributed by atoms with Crippen molar-refractivity contribution in [3.05, 3.63) is 40.0 Å². The Kier molecular flexibility index (Phi) is 2.81. The van der Waals surface area contributed by atoms with E-state index < -0.39 is 0 Å². The lowest BCUT2D eigenvalue weighted by molar-refractivity contribution is 0.292. The summed E-state index contributed by atoms with van der Waals surface area (Å²) in [4.78, 5) is 16.1. The first-order chi connectivity index (χ1) is 11.1. The average molecular weight is 320 g/mol. The molecule has 1 aliphatic carbocycles. The normalized spacial score (nSPS) is 15.0. The molecule has 0 spiro atoms. The number of hydrogen-bond donors (Lipinski definition) is 0. The molecule has 1 fully saturated rings. The van der Waals surface area contributed by atoms with Crippen molar-refractivity contribution in [2.24, 2.45) is 7.05 Å². The van der Waals surface area contributed by atoms with Crippen LogP contribution >= 0.6 is 11.3 Å². The zero-order valence-corrected chi connectivity index (χ0v) is 12.7. The summed E-state index contributed by atoms with van der Waals surface area (Å²) in [6.07, 6.45) is 4.37. The second-order valence-corrected chi connectivity index (χ2v) is 5.93. The third-order valence-corrected chi connectivity index (χ3v) is 4.23. The van der Waals surface area contributed by atoms with Crippen molar-refractivity contribution < 1.29 is 6.11 Å². The largest absolute Gasteiger partial charge is 0.464 e. The van der Waals surface area contributed by atoms with Crippen molar-refractivity contribution in [3.8, 4) is 10.9 Å². The molecule has 0 aromatic carbocycles. The third-order valence-electron chi connectivity index (χ3n) is 3.59. The van der Waals surface area contributed by atoms with Gasteiger partial charge in [-0.15, -0.1) is 0 Å². The van der Waals surface area contributed by atoms with Crippen molar-refractivity contribution >= 4 is 11.3 Å². The number of nitrogens with zero attached hydrogens (tertiary/aromatic N) is 6. The minimum Gasteiger partial charge on any atom is -0.464 e. The Labute approximate surface area is 131 Å². The minimum atomic E-state index is -0.303. The van der Waals surface area contributed by atoms with Crippen molar-refractivity contribution in [2.75, 3.05) is 0 Å². The third kappa shape index (κ3) is 2.23. The van der Waals surface area contributed by atoms with Crippen LogP contribution in [0.4, 0.5) is 0 Å². The molecule has 0 aliphatic heterocycles. The molecule has 9 heteroatoms. The van der Waals surface area contributed by atoms with Gasteiger partial charge in [-0.2, -0.15) is 9.36 Å². The van der Waals surface area contributed by atoms with Gasteiger partial charge in [0.25, 0.3) is 5.19 Å². The van der Waals surface area contributed by atoms with Crippen molar-refractivity contribution in [1.82, 2.24) is 29.3 Å². The number of thiazole rings is 1. The van der Waals surface area contributed by atoms with E-state index in [1.54, 1.807) is 12.4 Å². The average Bonchev–Trinajstić information content (AvgIpc) is 3.03. The summed E-state index contributed by atoms with van der Waals surface area (Å²) in [6.45, 7) is 0.259. The van der Waals surface area contributed by atoms with E-state index in [-0.39, 0.29) is 18.5 Å². The summed E-state index contributed by atoms with van der Waals surface area (Å²) in [7, 11) is 1.56. The van der Waals surface area contributed by atoms with Crippen molar-refractivity contribution in [2.45, 2.75) is 25.5 Å². The van der Waals surface area contributed by atoms with Gasteiger partial charge in [0, 0.05) is 30.8 Å². The predicted molar refractivity (Wildman–Crippen MR) is 79.3 cm³/mol. The smallest absolute Gasteiger partial charge is 0.368 e. The molecule has 114 valence electrons. The second kappa shape index (κ2) is 5.09. The lowest BCUT2D eigenvalue weighted by Gasteiger charge is -2.10. The van der Waals surface area contributed by atoms with Crippen molar-refractivity contribution in [3.63, 3.8) is 0 Å². The van der Waals surface area contributed by atoms with Crippen LogP contribution in [0.3, 0.4) is 0 Å². The van der Waals surface area contributed by atoms with E-state index in [4.69, 9.17) is 6.11 Å². The Morgan fingerprint density at radius 1 is 1.50 bits per heavy atom. The van der Waals surface area contributed by atoms with Crippen LogP contribution in [0.2, 0.25) is 0 Å². The predicted octanol–water partition coefficient (Wildman–Crippen LogP) is 1.14. The van der Waals surface area contributed by atoms with E-state index in [1.807, 2.05) is 12.3 Å². The van der Waals surface area contributed by atoms with Crippen LogP contribution in [-0.2, 0) is 13.7 Å². The first kappa shape index (κ1) is 12.2. The number of tetrazole rings is 1. The highest BCUT2D eigenvalue weighted by atomic mass is 32.1. The summed E-state index contributed by atoms with van der Waals surface area (Å²) >= 11 is 1.28. The molecule has 22 heavy (non-hydrogen) atoms. The van der Waals surface area contributed by atoms with E-state index in [0.717, 1.165) is 18.5 Å². The molecule has 0 saturated heterocycles. The van der Waals surface area contributed by atoms with Crippen LogP contribution in [-0.4, -0.2) is 29.3 Å². The van der Waals surface area contributed by atoms with Gasteiger partial charge in [-0.05, 0) is 29.3 Å². The van der Waals surface area contributed by atoms with E-state index in [9.17, 15) is 4.79 Å². The van der Waals surface area contributed by atoms with Gasteiger partial charge in [0.15, 0.2) is 0 Å². The molecule has 0 bridgehead atoms. The molecule has 4 rings (SSSR count). The van der Waals surface area contributed by atoms with Gasteiger partial charge < -0.3 is 9.30 Å². The molecule has 3 aromatic heterocycles. The second-order valence-electron chi connectivity index (χ2n) is 5.11. The van der Waals surface area contributed by atoms with Gasteiger partial charge in [0.1, 0.15) is 6.61 Å². The Hall–Kier alpha value is -2.42. The molecule has 1 aliphatic rings. The number of aryl methyl sites for hydroxylation is 1. The van der Waals surface area contributed by atoms with Crippen LogP contribution < -0.4 is 10.4 Å². The molecular formula is C13H14N6O2S. The maximum absolute atomic E-state index is 12.1. The number of hydrogen-bond acceptors (Lipinski definition) is 6. The standard InChI is InChI=1S/C13H14N6O2S/c1-17-13(20)19(16-15-17)10-4-6-18(9-2-3-9)11(10)8-21-12-14-5-7-22-12/h4-7,9H,2-3,8H2,1H3/i5T. The number of aromatic nitrogens is 6. The van der Waals surface area contributed by atoms with E-state index in [2.05, 4.69) is 20.0 Å². The van der Waals surface area contributed by atoms with Crippen LogP contribution in [0.15, 0.2) is 28.6 Å². The Morgan fingerprint density at radius 2 is 2.36 bits per heavy atom. The summed E-state index contributed by atoms with van der Waals surface area (Å²) in [5, 5.41) is 9.72. The first-order valence-corrected chi connectivity index (χ1v) is 7.75. The highest BCUT2D eigenvalue weighted by Gasteiger charge is 2.28. The van der Waals surface area contributed by atoms with Crippen LogP contribution in [0.25, 0.3) is 5.69 Å². The topological polar surface area (TPSA) is 79.8 Å². The fourth-order valence-electron chi connectivity index (χ4n) is 2.35. The fraction of sp³-hybridized carbons (Fsp3) is 0.385. The van der Waals surface area contributed by atoms with Crippen molar-refractivity contribution in [1.29, 1.82) is 0 Å². The summed E-state index contributed by atoms with van der Waals surface area (Å²) in [5.74, 6) is 0. The lowest BCUT2D eigenvalue weighted by atomic mass is 10.3. The zero-order chi connectivity index (χ0) is 16.0. The molecule has 0 amide bonds. The zero-order valence-electron chi connectivity index (χ0n) is 12.8. The fourth-order valence-corrected chi connectivity index (χ4v) is 2.79. The number of ether oxygens (including phenoxy) is 1. The van der Waals surface area contributed by atoms with E-state index >= 15 is 0 Å². The molecule has 0 radical (unpaired) electrons. The highest BCUT2D eigenvalue weighted by molar-refractivity contribution is 7.11. The molecule has 1 saturated carbocycles. The maximum Gasteiger partial charge on any atom is 0.368 e. The number of rotatable bonds is 5. The summed E-state index contributed by atoms with van der Waals surface area (Å²) in [6, 6.07) is 2.29. The Bertz CT molecular complexity index is 906. The highest BCUT2D eigenvalue weighted by Crippen LogP contribution is 2.37. The molecule has 8 nitrogen and oxygen atoms in total. The Balaban J connectivity index is 1.69. The van der Waals surface area contributed by atoms with Gasteiger partial charge in [-0.1, -0.05) is 11.3 Å². The van der Waals surface area contributed by atoms with E-state index in [1.165, 1.54) is 20.7 Å². The molecule has 0 N–H and O–H groups in total. The van der Waals surface area contributed by atoms with Gasteiger partial charge in [-0.3, -0.25) is 0 Å². The Morgan fingerprint density at radius 3 is 3.00 bits per heavy atom. The summed E-state index contributed by atoms with van der Waals surface area (Å²) < 4.78 is 17.7. The van der Waals surface area contributed by atoms with Crippen LogP contribution in [0.1, 0.15) is 25.9 Å². The maximum atomic E-state index is 12.1. The SMILES string of the molecule is [3H]c1csc(OCc2c(-n3nnn(C)c3=O)ccn2C2CC2)n1. The molecule has 3 heterocycles. The molecule has 0 unspecified atom stereocenters. The van der Waals surface area contributed by atoms with E-state index in [0.29, 0.717) is 16.9 Å². The van der Waals surface area contributed by atoms with Gasteiger partial charge >= 0.3 is 5.69 Å². The summed E-state index contributed by atoms with van der Waals surface area (Å²) in [5.41, 5.74) is 1.22. The van der Waals surface area contributed by atoms with Gasteiger partial charge in [0.05, 0.1) is 12.8 Å². The molecule has 3 aromatic rings. The molecule has 0 atom stereocenters. The van der Waals surface area contributed by atoms with Crippen LogP contribution in [0, 0.1) is 0 Å². The lowest BCUT2D eigenvalue weighted by Crippen LogP contribution is -2.23. The first-order valence-electron chi connectivity index (χ1n) is 7.37. The monoisotopic (exact) mass is 320 g/mol. The quantitative estimate of drug-likeness (QED) is 0.704.